The fraction of sp³-hybridized carbons (Fsp3) is 0.556. The number of anilines is 1. The Labute approximate surface area is 155 Å². The first-order valence-corrected chi connectivity index (χ1v) is 8.99. The number of carbonyl (C=O) groups is 2. The van der Waals surface area contributed by atoms with Gasteiger partial charge in [0.1, 0.15) is 5.75 Å². The molecule has 2 aliphatic rings. The van der Waals surface area contributed by atoms with Crippen molar-refractivity contribution in [1.82, 2.24) is 4.90 Å². The maximum atomic E-state index is 12.2. The zero-order chi connectivity index (χ0) is 19.6. The number of amides is 2. The fourth-order valence-corrected chi connectivity index (χ4v) is 3.29. The van der Waals surface area contributed by atoms with Crippen molar-refractivity contribution >= 4 is 17.5 Å². The van der Waals surface area contributed by atoms with Gasteiger partial charge in [-0.15, -0.1) is 13.2 Å². The molecular weight excluding hydrogens is 363 g/mol. The third kappa shape index (κ3) is 5.59. The molecule has 1 saturated heterocycles. The van der Waals surface area contributed by atoms with E-state index < -0.39 is 6.36 Å². The van der Waals surface area contributed by atoms with Crippen LogP contribution in [0.2, 0.25) is 0 Å². The number of piperazine rings is 1. The number of alkyl halides is 3. The highest BCUT2D eigenvalue weighted by atomic mass is 19.4. The molecule has 27 heavy (non-hydrogen) atoms. The number of benzene rings is 1. The summed E-state index contributed by atoms with van der Waals surface area (Å²) in [6.07, 6.45) is -3.77. The van der Waals surface area contributed by atoms with Crippen LogP contribution >= 0.6 is 0 Å². The van der Waals surface area contributed by atoms with Crippen molar-refractivity contribution in [3.05, 3.63) is 24.3 Å². The van der Waals surface area contributed by atoms with E-state index in [2.05, 4.69) is 17.0 Å². The summed E-state index contributed by atoms with van der Waals surface area (Å²) >= 11 is 0. The number of rotatable bonds is 5. The maximum absolute atomic E-state index is 12.2. The molecule has 1 saturated carbocycles. The normalized spacial score (nSPS) is 23.0. The third-order valence-corrected chi connectivity index (χ3v) is 4.99. The van der Waals surface area contributed by atoms with Crippen molar-refractivity contribution in [2.75, 3.05) is 38.0 Å². The molecule has 0 bridgehead atoms. The monoisotopic (exact) mass is 386 g/mol. The van der Waals surface area contributed by atoms with E-state index in [1.165, 1.54) is 12.1 Å². The van der Waals surface area contributed by atoms with Gasteiger partial charge in [0.15, 0.2) is 6.54 Å². The summed E-state index contributed by atoms with van der Waals surface area (Å²) in [6, 6.07) is 5.03. The summed E-state index contributed by atoms with van der Waals surface area (Å²) in [7, 11) is 0. The zero-order valence-electron chi connectivity index (χ0n) is 15.0. The lowest BCUT2D eigenvalue weighted by Crippen LogP contribution is -3.15. The lowest BCUT2D eigenvalue weighted by Gasteiger charge is -2.32. The molecule has 1 heterocycles. The molecule has 1 aromatic rings. The molecule has 1 aromatic carbocycles. The molecule has 1 aliphatic heterocycles. The highest BCUT2D eigenvalue weighted by molar-refractivity contribution is 5.91. The van der Waals surface area contributed by atoms with Gasteiger partial charge in [-0.3, -0.25) is 9.59 Å². The van der Waals surface area contributed by atoms with Gasteiger partial charge in [-0.1, -0.05) is 6.92 Å². The molecule has 148 valence electrons. The molecule has 1 aliphatic carbocycles. The number of nitrogens with one attached hydrogen (secondary N) is 2. The van der Waals surface area contributed by atoms with Crippen LogP contribution in [-0.2, 0) is 9.59 Å². The van der Waals surface area contributed by atoms with Crippen LogP contribution in [0.4, 0.5) is 18.9 Å². The minimum absolute atomic E-state index is 0.180. The second kappa shape index (κ2) is 7.75. The Morgan fingerprint density at radius 3 is 2.33 bits per heavy atom. The number of hydrogen-bond acceptors (Lipinski definition) is 3. The fourth-order valence-electron chi connectivity index (χ4n) is 3.29. The molecule has 2 N–H and O–H groups in total. The first kappa shape index (κ1) is 19.5. The Kier molecular flexibility index (Phi) is 5.59. The largest absolute Gasteiger partial charge is 0.573 e. The minimum atomic E-state index is -4.74. The molecule has 9 heteroatoms. The summed E-state index contributed by atoms with van der Waals surface area (Å²) in [5.41, 5.74) is 0.408. The maximum Gasteiger partial charge on any atom is 0.573 e. The first-order valence-electron chi connectivity index (χ1n) is 8.99. The summed E-state index contributed by atoms with van der Waals surface area (Å²) in [4.78, 5) is 27.3. The van der Waals surface area contributed by atoms with Crippen LogP contribution in [-0.4, -0.2) is 55.8 Å². The first-order chi connectivity index (χ1) is 12.7. The highest BCUT2D eigenvalue weighted by Crippen LogP contribution is 2.39. The van der Waals surface area contributed by atoms with E-state index in [-0.39, 0.29) is 30.0 Å². The standard InChI is InChI=1S/C18H22F3N3O3/c1-12-10-15(12)17(26)24-8-6-23(7-9-24)11-16(25)22-13-2-4-14(5-3-13)27-18(19,20)21/h2-5,12,15H,6-11H2,1H3,(H,22,25)/p+1/t12-,15+/m0/s1. The average Bonchev–Trinajstić information content (AvgIpc) is 3.32. The van der Waals surface area contributed by atoms with E-state index in [4.69, 9.17) is 0 Å². The Balaban J connectivity index is 1.41. The van der Waals surface area contributed by atoms with Crippen molar-refractivity contribution in [3.8, 4) is 5.75 Å². The number of quaternary nitrogens is 1. The summed E-state index contributed by atoms with van der Waals surface area (Å²) in [6.45, 7) is 5.04. The molecule has 0 unspecified atom stereocenters. The molecular formula is C18H23F3N3O3+. The van der Waals surface area contributed by atoms with Crippen LogP contribution < -0.4 is 15.0 Å². The molecule has 3 rings (SSSR count). The van der Waals surface area contributed by atoms with Crippen molar-refractivity contribution in [1.29, 1.82) is 0 Å². The molecule has 0 aromatic heterocycles. The second-order valence-electron chi connectivity index (χ2n) is 7.19. The zero-order valence-corrected chi connectivity index (χ0v) is 15.0. The Hall–Kier alpha value is -2.29. The molecule has 6 nitrogen and oxygen atoms in total. The van der Waals surface area contributed by atoms with Gasteiger partial charge in [0, 0.05) is 11.6 Å². The molecule has 2 fully saturated rings. The van der Waals surface area contributed by atoms with Gasteiger partial charge < -0.3 is 19.9 Å². The average molecular weight is 386 g/mol. The molecule has 0 spiro atoms. The Bertz CT molecular complexity index is 685. The highest BCUT2D eigenvalue weighted by Gasteiger charge is 2.42. The Morgan fingerprint density at radius 2 is 1.81 bits per heavy atom. The summed E-state index contributed by atoms with van der Waals surface area (Å²) in [5.74, 6) is 0.342. The lowest BCUT2D eigenvalue weighted by atomic mass is 10.2. The van der Waals surface area contributed by atoms with E-state index in [9.17, 15) is 22.8 Å². The van der Waals surface area contributed by atoms with Crippen molar-refractivity contribution in [3.63, 3.8) is 0 Å². The van der Waals surface area contributed by atoms with Gasteiger partial charge in [0.25, 0.3) is 5.91 Å². The molecule has 2 atom stereocenters. The van der Waals surface area contributed by atoms with Crippen LogP contribution in [0.15, 0.2) is 24.3 Å². The Morgan fingerprint density at radius 1 is 1.22 bits per heavy atom. The third-order valence-electron chi connectivity index (χ3n) is 4.99. The lowest BCUT2D eigenvalue weighted by molar-refractivity contribution is -0.895. The van der Waals surface area contributed by atoms with E-state index in [0.29, 0.717) is 37.8 Å². The predicted octanol–water partition coefficient (Wildman–Crippen LogP) is 0.907. The van der Waals surface area contributed by atoms with Crippen LogP contribution in [0, 0.1) is 11.8 Å². The van der Waals surface area contributed by atoms with Crippen LogP contribution in [0.25, 0.3) is 0 Å². The van der Waals surface area contributed by atoms with Gasteiger partial charge in [-0.05, 0) is 36.6 Å². The van der Waals surface area contributed by atoms with E-state index in [0.717, 1.165) is 23.5 Å². The summed E-state index contributed by atoms with van der Waals surface area (Å²) in [5, 5.41) is 2.67. The minimum Gasteiger partial charge on any atom is -0.406 e. The van der Waals surface area contributed by atoms with Crippen LogP contribution in [0.5, 0.6) is 5.75 Å². The van der Waals surface area contributed by atoms with Gasteiger partial charge in [-0.25, -0.2) is 0 Å². The topological polar surface area (TPSA) is 63.1 Å². The van der Waals surface area contributed by atoms with Crippen molar-refractivity contribution in [2.45, 2.75) is 19.7 Å². The van der Waals surface area contributed by atoms with Crippen LogP contribution in [0.1, 0.15) is 13.3 Å². The number of halogens is 3. The van der Waals surface area contributed by atoms with Gasteiger partial charge >= 0.3 is 6.36 Å². The van der Waals surface area contributed by atoms with Gasteiger partial charge in [-0.2, -0.15) is 0 Å². The summed E-state index contributed by atoms with van der Waals surface area (Å²) < 4.78 is 40.2. The van der Waals surface area contributed by atoms with Crippen molar-refractivity contribution in [2.24, 2.45) is 11.8 Å². The van der Waals surface area contributed by atoms with E-state index in [1.54, 1.807) is 0 Å². The van der Waals surface area contributed by atoms with Gasteiger partial charge in [0.05, 0.1) is 26.2 Å². The van der Waals surface area contributed by atoms with Crippen LogP contribution in [0.3, 0.4) is 0 Å². The number of ether oxygens (including phenoxy) is 1. The smallest absolute Gasteiger partial charge is 0.406 e. The number of hydrogen-bond donors (Lipinski definition) is 2. The van der Waals surface area contributed by atoms with Gasteiger partial charge in [0.2, 0.25) is 5.91 Å². The SMILES string of the molecule is C[C@H]1C[C@H]1C(=O)N1CC[NH+](CC(=O)Nc2ccc(OC(F)(F)F)cc2)CC1. The number of carbonyl (C=O) groups excluding carboxylic acids is 2. The van der Waals surface area contributed by atoms with Crippen molar-refractivity contribution < 1.29 is 32.4 Å². The molecule has 0 radical (unpaired) electrons. The quantitative estimate of drug-likeness (QED) is 0.791. The van der Waals surface area contributed by atoms with E-state index >= 15 is 0 Å². The molecule has 2 amide bonds. The second-order valence-corrected chi connectivity index (χ2v) is 7.19. The van der Waals surface area contributed by atoms with E-state index in [1.807, 2.05) is 4.90 Å². The number of nitrogens with zero attached hydrogens (tertiary/aromatic N) is 1. The predicted molar refractivity (Wildman–Crippen MR) is 91.2 cm³/mol.